The average Bonchev–Trinajstić information content (AvgIpc) is 2.83. The maximum Gasteiger partial charge on any atom is 0.303 e. The highest BCUT2D eigenvalue weighted by molar-refractivity contribution is 5.67. The lowest BCUT2D eigenvalue weighted by Crippen LogP contribution is -2.52. The molecule has 0 saturated heterocycles. The van der Waals surface area contributed by atoms with Crippen LogP contribution in [-0.4, -0.2) is 11.1 Å². The Morgan fingerprint density at radius 2 is 1.70 bits per heavy atom. The van der Waals surface area contributed by atoms with Crippen LogP contribution in [0.25, 0.3) is 0 Å². The minimum atomic E-state index is -0.582. The first-order valence-electron chi connectivity index (χ1n) is 10.2. The van der Waals surface area contributed by atoms with E-state index < -0.39 is 5.97 Å². The zero-order valence-electron chi connectivity index (χ0n) is 15.0. The third-order valence-corrected chi connectivity index (χ3v) is 9.20. The van der Waals surface area contributed by atoms with Crippen molar-refractivity contribution in [2.75, 3.05) is 0 Å². The Kier molecular flexibility index (Phi) is 3.81. The molecular weight excluding hydrogens is 284 g/mol. The summed E-state index contributed by atoms with van der Waals surface area (Å²) in [6.07, 6.45) is 14.3. The molecule has 23 heavy (non-hydrogen) atoms. The molecule has 1 unspecified atom stereocenters. The number of rotatable bonds is 2. The number of carbonyl (C=O) groups is 1. The molecule has 0 spiro atoms. The maximum atomic E-state index is 11.3. The van der Waals surface area contributed by atoms with E-state index in [9.17, 15) is 9.90 Å². The summed E-state index contributed by atoms with van der Waals surface area (Å²) in [5.41, 5.74) is 0.921. The molecule has 4 saturated carbocycles. The minimum Gasteiger partial charge on any atom is -0.481 e. The first-order chi connectivity index (χ1) is 10.9. The van der Waals surface area contributed by atoms with Crippen molar-refractivity contribution in [2.24, 2.45) is 40.4 Å². The monoisotopic (exact) mass is 318 g/mol. The predicted octanol–water partition coefficient (Wildman–Crippen LogP) is 5.51. The van der Waals surface area contributed by atoms with Gasteiger partial charge in [-0.05, 0) is 91.8 Å². The smallest absolute Gasteiger partial charge is 0.303 e. The molecule has 2 heteroatoms. The van der Waals surface area contributed by atoms with Gasteiger partial charge in [-0.1, -0.05) is 26.7 Å². The van der Waals surface area contributed by atoms with Gasteiger partial charge in [-0.15, -0.1) is 0 Å². The third-order valence-electron chi connectivity index (χ3n) is 9.20. The number of aliphatic carboxylic acids is 1. The van der Waals surface area contributed by atoms with Crippen molar-refractivity contribution in [1.29, 1.82) is 0 Å². The van der Waals surface area contributed by atoms with Crippen LogP contribution < -0.4 is 0 Å². The third kappa shape index (κ3) is 2.30. The summed E-state index contributed by atoms with van der Waals surface area (Å²) in [4.78, 5) is 11.3. The van der Waals surface area contributed by atoms with Crippen molar-refractivity contribution >= 4 is 5.97 Å². The van der Waals surface area contributed by atoms with Crippen LogP contribution in [0.3, 0.4) is 0 Å². The lowest BCUT2D eigenvalue weighted by molar-refractivity contribution is -0.141. The zero-order chi connectivity index (χ0) is 16.2. The van der Waals surface area contributed by atoms with Crippen molar-refractivity contribution in [3.05, 3.63) is 0 Å². The number of hydrogen-bond donors (Lipinski definition) is 1. The summed E-state index contributed by atoms with van der Waals surface area (Å²) in [6.45, 7) is 5.07. The van der Waals surface area contributed by atoms with Crippen molar-refractivity contribution in [3.8, 4) is 0 Å². The molecule has 4 rings (SSSR count). The van der Waals surface area contributed by atoms with Crippen LogP contribution in [0.1, 0.15) is 84.5 Å². The molecule has 0 aromatic carbocycles. The van der Waals surface area contributed by atoms with Crippen molar-refractivity contribution in [3.63, 3.8) is 0 Å². The quantitative estimate of drug-likeness (QED) is 0.729. The topological polar surface area (TPSA) is 37.3 Å². The van der Waals surface area contributed by atoms with Crippen LogP contribution in [-0.2, 0) is 4.79 Å². The first-order valence-corrected chi connectivity index (χ1v) is 10.2. The summed E-state index contributed by atoms with van der Waals surface area (Å²) in [7, 11) is 0. The molecule has 0 aromatic heterocycles. The minimum absolute atomic E-state index is 0.317. The van der Waals surface area contributed by atoms with E-state index in [2.05, 4.69) is 13.8 Å². The number of carboxylic acid groups (broad SMARTS) is 1. The molecule has 0 radical (unpaired) electrons. The molecule has 1 N–H and O–H groups in total. The molecule has 7 atom stereocenters. The van der Waals surface area contributed by atoms with Gasteiger partial charge in [0, 0.05) is 6.42 Å². The summed E-state index contributed by atoms with van der Waals surface area (Å²) in [5, 5.41) is 9.31. The van der Waals surface area contributed by atoms with E-state index in [1.54, 1.807) is 0 Å². The Bertz CT molecular complexity index is 486. The second kappa shape index (κ2) is 5.49. The highest BCUT2D eigenvalue weighted by Crippen LogP contribution is 2.67. The molecule has 4 fully saturated rings. The van der Waals surface area contributed by atoms with Gasteiger partial charge in [0.05, 0.1) is 0 Å². The van der Waals surface area contributed by atoms with Crippen LogP contribution >= 0.6 is 0 Å². The Balaban J connectivity index is 1.59. The van der Waals surface area contributed by atoms with E-state index >= 15 is 0 Å². The Morgan fingerprint density at radius 3 is 2.48 bits per heavy atom. The van der Waals surface area contributed by atoms with Crippen molar-refractivity contribution in [2.45, 2.75) is 84.5 Å². The van der Waals surface area contributed by atoms with Crippen LogP contribution in [0.4, 0.5) is 0 Å². The fraction of sp³-hybridized carbons (Fsp3) is 0.952. The molecular formula is C21H34O2. The van der Waals surface area contributed by atoms with Gasteiger partial charge in [-0.25, -0.2) is 0 Å². The Labute approximate surface area is 141 Å². The van der Waals surface area contributed by atoms with Gasteiger partial charge >= 0.3 is 5.97 Å². The Hall–Kier alpha value is -0.530. The van der Waals surface area contributed by atoms with Crippen molar-refractivity contribution < 1.29 is 9.90 Å². The molecule has 0 amide bonds. The maximum absolute atomic E-state index is 11.3. The van der Waals surface area contributed by atoms with Gasteiger partial charge in [0.1, 0.15) is 0 Å². The lowest BCUT2D eigenvalue weighted by Gasteiger charge is -2.60. The predicted molar refractivity (Wildman–Crippen MR) is 92.1 cm³/mol. The molecule has 0 aliphatic heterocycles. The van der Waals surface area contributed by atoms with Crippen molar-refractivity contribution in [1.82, 2.24) is 0 Å². The van der Waals surface area contributed by atoms with Crippen LogP contribution in [0.5, 0.6) is 0 Å². The summed E-state index contributed by atoms with van der Waals surface area (Å²) in [5.74, 6) is 3.48. The van der Waals surface area contributed by atoms with E-state index in [1.807, 2.05) is 0 Å². The zero-order valence-corrected chi connectivity index (χ0v) is 15.0. The summed E-state index contributed by atoms with van der Waals surface area (Å²) < 4.78 is 0. The molecule has 4 aliphatic carbocycles. The molecule has 0 heterocycles. The molecule has 2 nitrogen and oxygen atoms in total. The fourth-order valence-electron chi connectivity index (χ4n) is 7.95. The number of fused-ring (bicyclic) bond motifs is 5. The van der Waals surface area contributed by atoms with E-state index in [1.165, 1.54) is 57.8 Å². The number of carboxylic acids is 1. The van der Waals surface area contributed by atoms with E-state index in [0.717, 1.165) is 30.1 Å². The van der Waals surface area contributed by atoms with Crippen LogP contribution in [0.15, 0.2) is 0 Å². The highest BCUT2D eigenvalue weighted by Gasteiger charge is 2.59. The van der Waals surface area contributed by atoms with Gasteiger partial charge in [0.15, 0.2) is 0 Å². The second-order valence-corrected chi connectivity index (χ2v) is 9.82. The van der Waals surface area contributed by atoms with Crippen LogP contribution in [0.2, 0.25) is 0 Å². The van der Waals surface area contributed by atoms with Gasteiger partial charge in [-0.2, -0.15) is 0 Å². The summed E-state index contributed by atoms with van der Waals surface area (Å²) >= 11 is 0. The largest absolute Gasteiger partial charge is 0.481 e. The van der Waals surface area contributed by atoms with Gasteiger partial charge in [0.25, 0.3) is 0 Å². The average molecular weight is 319 g/mol. The summed E-state index contributed by atoms with van der Waals surface area (Å²) in [6, 6.07) is 0. The SMILES string of the molecule is C[C@]12CC[C@H]3[C@H](CCC4CCCC[C@@]43C)[C@@H]1CC[C@@H]2CC(=O)O. The normalized spacial score (nSPS) is 52.3. The van der Waals surface area contributed by atoms with Gasteiger partial charge in [-0.3, -0.25) is 4.79 Å². The first kappa shape index (κ1) is 16.0. The molecule has 0 bridgehead atoms. The van der Waals surface area contributed by atoms with Gasteiger partial charge in [0.2, 0.25) is 0 Å². The standard InChI is InChI=1S/C21H34O2/c1-20-11-4-3-5-14(20)6-8-16-17-9-7-15(13-19(22)23)21(17,2)12-10-18(16)20/h14-18H,3-13H2,1-2H3,(H,22,23)/t14?,15-,16-,17+,18+,20+,21-/m1/s1. The van der Waals surface area contributed by atoms with E-state index in [4.69, 9.17) is 0 Å². The van der Waals surface area contributed by atoms with E-state index in [0.29, 0.717) is 23.2 Å². The van der Waals surface area contributed by atoms with Crippen LogP contribution in [0, 0.1) is 40.4 Å². The molecule has 0 aromatic rings. The lowest BCUT2D eigenvalue weighted by atomic mass is 9.45. The van der Waals surface area contributed by atoms with E-state index in [-0.39, 0.29) is 0 Å². The number of hydrogen-bond acceptors (Lipinski definition) is 1. The highest BCUT2D eigenvalue weighted by atomic mass is 16.4. The fourth-order valence-corrected chi connectivity index (χ4v) is 7.95. The second-order valence-electron chi connectivity index (χ2n) is 9.82. The Morgan fingerprint density at radius 1 is 0.913 bits per heavy atom. The molecule has 4 aliphatic rings. The van der Waals surface area contributed by atoms with Gasteiger partial charge < -0.3 is 5.11 Å². The molecule has 130 valence electrons.